The van der Waals surface area contributed by atoms with E-state index < -0.39 is 0 Å². The second-order valence-electron chi connectivity index (χ2n) is 4.15. The number of nitrogens with zero attached hydrogens (tertiary/aromatic N) is 1. The molecule has 3 nitrogen and oxygen atoms in total. The molecule has 1 rings (SSSR count). The van der Waals surface area contributed by atoms with E-state index in [-0.39, 0.29) is 5.91 Å². The minimum atomic E-state index is -0.00385. The molecule has 0 unspecified atom stereocenters. The SMILES string of the molecule is CCN(CC)CCCNC(=O)c1cccc(Br)c1. The van der Waals surface area contributed by atoms with Crippen molar-refractivity contribution in [1.82, 2.24) is 10.2 Å². The molecule has 0 saturated carbocycles. The van der Waals surface area contributed by atoms with Crippen LogP contribution in [-0.2, 0) is 0 Å². The van der Waals surface area contributed by atoms with Gasteiger partial charge in [0.2, 0.25) is 0 Å². The predicted octanol–water partition coefficient (Wildman–Crippen LogP) is 2.91. The Morgan fingerprint density at radius 2 is 2.06 bits per heavy atom. The topological polar surface area (TPSA) is 32.3 Å². The lowest BCUT2D eigenvalue weighted by Crippen LogP contribution is -2.29. The van der Waals surface area contributed by atoms with Crippen molar-refractivity contribution in [2.45, 2.75) is 20.3 Å². The number of halogens is 1. The third-order valence-corrected chi connectivity index (χ3v) is 3.41. The van der Waals surface area contributed by atoms with E-state index in [4.69, 9.17) is 0 Å². The van der Waals surface area contributed by atoms with Gasteiger partial charge in [0.25, 0.3) is 5.91 Å². The van der Waals surface area contributed by atoms with Crippen LogP contribution in [0.2, 0.25) is 0 Å². The van der Waals surface area contributed by atoms with Gasteiger partial charge >= 0.3 is 0 Å². The predicted molar refractivity (Wildman–Crippen MR) is 78.9 cm³/mol. The molecular weight excluding hydrogens is 292 g/mol. The fourth-order valence-electron chi connectivity index (χ4n) is 1.78. The van der Waals surface area contributed by atoms with Crippen LogP contribution in [0.5, 0.6) is 0 Å². The minimum absolute atomic E-state index is 0.00385. The number of hydrogen-bond donors (Lipinski definition) is 1. The van der Waals surface area contributed by atoms with E-state index in [0.717, 1.165) is 37.1 Å². The first-order valence-electron chi connectivity index (χ1n) is 6.43. The highest BCUT2D eigenvalue weighted by atomic mass is 79.9. The molecule has 0 aliphatic heterocycles. The second-order valence-corrected chi connectivity index (χ2v) is 5.06. The Kier molecular flexibility index (Phi) is 6.98. The maximum Gasteiger partial charge on any atom is 0.251 e. The second kappa shape index (κ2) is 8.27. The fourth-order valence-corrected chi connectivity index (χ4v) is 2.18. The van der Waals surface area contributed by atoms with Gasteiger partial charge in [-0.3, -0.25) is 4.79 Å². The largest absolute Gasteiger partial charge is 0.352 e. The average Bonchev–Trinajstić information content (AvgIpc) is 2.38. The van der Waals surface area contributed by atoms with Crippen molar-refractivity contribution in [2.24, 2.45) is 0 Å². The van der Waals surface area contributed by atoms with Crippen LogP contribution in [0.3, 0.4) is 0 Å². The first-order valence-corrected chi connectivity index (χ1v) is 7.22. The van der Waals surface area contributed by atoms with Crippen molar-refractivity contribution in [3.63, 3.8) is 0 Å². The van der Waals surface area contributed by atoms with Gasteiger partial charge in [0.1, 0.15) is 0 Å². The Balaban J connectivity index is 2.29. The molecule has 0 aliphatic carbocycles. The summed E-state index contributed by atoms with van der Waals surface area (Å²) in [5.74, 6) is -0.00385. The van der Waals surface area contributed by atoms with Crippen molar-refractivity contribution in [1.29, 1.82) is 0 Å². The van der Waals surface area contributed by atoms with Crippen LogP contribution in [0.4, 0.5) is 0 Å². The molecule has 0 bridgehead atoms. The number of hydrogen-bond acceptors (Lipinski definition) is 2. The van der Waals surface area contributed by atoms with Crippen LogP contribution in [-0.4, -0.2) is 37.0 Å². The number of nitrogens with one attached hydrogen (secondary N) is 1. The summed E-state index contributed by atoms with van der Waals surface area (Å²) in [4.78, 5) is 14.2. The Bertz CT molecular complexity index is 378. The first kappa shape index (κ1) is 15.2. The van der Waals surface area contributed by atoms with E-state index in [1.165, 1.54) is 0 Å². The highest BCUT2D eigenvalue weighted by molar-refractivity contribution is 9.10. The molecule has 0 atom stereocenters. The van der Waals surface area contributed by atoms with Crippen molar-refractivity contribution in [3.05, 3.63) is 34.3 Å². The lowest BCUT2D eigenvalue weighted by atomic mass is 10.2. The van der Waals surface area contributed by atoms with Crippen molar-refractivity contribution in [2.75, 3.05) is 26.2 Å². The summed E-state index contributed by atoms with van der Waals surface area (Å²) < 4.78 is 0.929. The van der Waals surface area contributed by atoms with Crippen molar-refractivity contribution >= 4 is 21.8 Å². The molecule has 0 fully saturated rings. The third-order valence-electron chi connectivity index (χ3n) is 2.92. The maximum atomic E-state index is 11.8. The highest BCUT2D eigenvalue weighted by Crippen LogP contribution is 2.11. The molecule has 1 aromatic carbocycles. The summed E-state index contributed by atoms with van der Waals surface area (Å²) >= 11 is 3.36. The zero-order valence-electron chi connectivity index (χ0n) is 11.1. The van der Waals surface area contributed by atoms with E-state index in [1.807, 2.05) is 24.3 Å². The normalized spacial score (nSPS) is 10.7. The molecular formula is C14H21BrN2O. The maximum absolute atomic E-state index is 11.8. The van der Waals surface area contributed by atoms with Gasteiger partial charge in [0.15, 0.2) is 0 Å². The molecule has 0 saturated heterocycles. The highest BCUT2D eigenvalue weighted by Gasteiger charge is 2.05. The molecule has 1 aromatic rings. The van der Waals surface area contributed by atoms with Crippen LogP contribution in [0, 0.1) is 0 Å². The van der Waals surface area contributed by atoms with Gasteiger partial charge in [0, 0.05) is 16.6 Å². The van der Waals surface area contributed by atoms with Crippen LogP contribution in [0.1, 0.15) is 30.6 Å². The van der Waals surface area contributed by atoms with Gasteiger partial charge in [-0.2, -0.15) is 0 Å². The Morgan fingerprint density at radius 1 is 1.33 bits per heavy atom. The molecule has 0 radical (unpaired) electrons. The number of amides is 1. The number of benzene rings is 1. The standard InChI is InChI=1S/C14H21BrN2O/c1-3-17(4-2)10-6-9-16-14(18)12-7-5-8-13(15)11-12/h5,7-8,11H,3-4,6,9-10H2,1-2H3,(H,16,18). The zero-order valence-corrected chi connectivity index (χ0v) is 12.7. The summed E-state index contributed by atoms with van der Waals surface area (Å²) in [5.41, 5.74) is 0.701. The molecule has 0 heterocycles. The summed E-state index contributed by atoms with van der Waals surface area (Å²) in [6, 6.07) is 7.44. The van der Waals surface area contributed by atoms with Gasteiger partial charge in [-0.25, -0.2) is 0 Å². The van der Waals surface area contributed by atoms with Gasteiger partial charge in [-0.15, -0.1) is 0 Å². The van der Waals surface area contributed by atoms with E-state index in [9.17, 15) is 4.79 Å². The van der Waals surface area contributed by atoms with Gasteiger partial charge < -0.3 is 10.2 Å². The van der Waals surface area contributed by atoms with Crippen LogP contribution in [0.15, 0.2) is 28.7 Å². The summed E-state index contributed by atoms with van der Waals surface area (Å²) in [6.45, 7) is 8.20. The van der Waals surface area contributed by atoms with Crippen LogP contribution in [0.25, 0.3) is 0 Å². The molecule has 4 heteroatoms. The monoisotopic (exact) mass is 312 g/mol. The Labute approximate surface area is 118 Å². The number of carbonyl (C=O) groups excluding carboxylic acids is 1. The molecule has 18 heavy (non-hydrogen) atoms. The van der Waals surface area contributed by atoms with Gasteiger partial charge in [-0.05, 0) is 44.3 Å². The Morgan fingerprint density at radius 3 is 2.67 bits per heavy atom. The average molecular weight is 313 g/mol. The van der Waals surface area contributed by atoms with E-state index in [1.54, 1.807) is 0 Å². The summed E-state index contributed by atoms with van der Waals surface area (Å²) in [5, 5.41) is 2.94. The van der Waals surface area contributed by atoms with E-state index in [2.05, 4.69) is 40.0 Å². The Hall–Kier alpha value is -0.870. The zero-order chi connectivity index (χ0) is 13.4. The van der Waals surface area contributed by atoms with E-state index >= 15 is 0 Å². The van der Waals surface area contributed by atoms with Crippen molar-refractivity contribution < 1.29 is 4.79 Å². The molecule has 0 aliphatic rings. The lowest BCUT2D eigenvalue weighted by Gasteiger charge is -2.17. The fraction of sp³-hybridized carbons (Fsp3) is 0.500. The lowest BCUT2D eigenvalue weighted by molar-refractivity contribution is 0.0952. The third kappa shape index (κ3) is 5.19. The van der Waals surface area contributed by atoms with Crippen LogP contribution >= 0.6 is 15.9 Å². The molecule has 100 valence electrons. The smallest absolute Gasteiger partial charge is 0.251 e. The molecule has 0 spiro atoms. The summed E-state index contributed by atoms with van der Waals surface area (Å²) in [7, 11) is 0. The molecule has 1 amide bonds. The van der Waals surface area contributed by atoms with Gasteiger partial charge in [0.05, 0.1) is 0 Å². The van der Waals surface area contributed by atoms with E-state index in [0.29, 0.717) is 5.56 Å². The summed E-state index contributed by atoms with van der Waals surface area (Å²) in [6.07, 6.45) is 0.988. The first-order chi connectivity index (χ1) is 8.67. The van der Waals surface area contributed by atoms with Crippen molar-refractivity contribution in [3.8, 4) is 0 Å². The molecule has 1 N–H and O–H groups in total. The number of rotatable bonds is 7. The quantitative estimate of drug-likeness (QED) is 0.785. The number of carbonyl (C=O) groups is 1. The minimum Gasteiger partial charge on any atom is -0.352 e. The van der Waals surface area contributed by atoms with Crippen LogP contribution < -0.4 is 5.32 Å². The molecule has 0 aromatic heterocycles. The van der Waals surface area contributed by atoms with Gasteiger partial charge in [-0.1, -0.05) is 35.8 Å².